The van der Waals surface area contributed by atoms with Crippen molar-refractivity contribution < 1.29 is 19.4 Å². The zero-order valence-corrected chi connectivity index (χ0v) is 7.03. The molecule has 5 heteroatoms. The molecule has 2 rings (SSSR count). The second-order valence-corrected chi connectivity index (χ2v) is 3.54. The van der Waals surface area contributed by atoms with Crippen LogP contribution >= 0.6 is 0 Å². The molecule has 0 spiro atoms. The predicted molar refractivity (Wildman–Crippen MR) is 41.9 cm³/mol. The number of ether oxygens (including phenoxy) is 1. The van der Waals surface area contributed by atoms with E-state index in [9.17, 15) is 9.59 Å². The molecule has 0 bridgehead atoms. The van der Waals surface area contributed by atoms with E-state index in [1.54, 1.807) is 0 Å². The highest BCUT2D eigenvalue weighted by Gasteiger charge is 2.53. The topological polar surface area (TPSA) is 75.6 Å². The third-order valence-electron chi connectivity index (χ3n) is 2.82. The summed E-state index contributed by atoms with van der Waals surface area (Å²) < 4.78 is 5.16. The maximum absolute atomic E-state index is 10.7. The van der Waals surface area contributed by atoms with E-state index in [0.29, 0.717) is 24.3 Å². The van der Waals surface area contributed by atoms with Gasteiger partial charge in [0.1, 0.15) is 0 Å². The van der Waals surface area contributed by atoms with Gasteiger partial charge in [-0.1, -0.05) is 0 Å². The lowest BCUT2D eigenvalue weighted by Crippen LogP contribution is -2.33. The molecule has 0 aromatic heterocycles. The Labute approximate surface area is 75.1 Å². The van der Waals surface area contributed by atoms with E-state index in [-0.39, 0.29) is 0 Å². The van der Waals surface area contributed by atoms with Crippen LogP contribution in [0.2, 0.25) is 0 Å². The summed E-state index contributed by atoms with van der Waals surface area (Å²) in [5.74, 6) is -0.784. The van der Waals surface area contributed by atoms with Crippen LogP contribution < -0.4 is 5.32 Å². The van der Waals surface area contributed by atoms with E-state index in [0.717, 1.165) is 13.2 Å². The van der Waals surface area contributed by atoms with Crippen molar-refractivity contribution in [1.82, 2.24) is 5.32 Å². The van der Waals surface area contributed by atoms with E-state index >= 15 is 0 Å². The molecule has 2 atom stereocenters. The minimum absolute atomic E-state index is 0.442. The standard InChI is InChI=1S/C8H11NO4/c10-7(8(11)12)9-1-4-5-2-13-3-6(4)5/h4-6H,1-3H2,(H,9,10)(H,11,12). The first kappa shape index (κ1) is 8.50. The third kappa shape index (κ3) is 1.51. The number of hydrogen-bond donors (Lipinski definition) is 2. The lowest BCUT2D eigenvalue weighted by atomic mass is 10.3. The summed E-state index contributed by atoms with van der Waals surface area (Å²) in [4.78, 5) is 20.8. The Morgan fingerprint density at radius 2 is 2.00 bits per heavy atom. The fraction of sp³-hybridized carbons (Fsp3) is 0.750. The number of nitrogens with one attached hydrogen (secondary N) is 1. The first-order valence-corrected chi connectivity index (χ1v) is 4.29. The summed E-state index contributed by atoms with van der Waals surface area (Å²) in [5, 5.41) is 10.7. The largest absolute Gasteiger partial charge is 0.474 e. The van der Waals surface area contributed by atoms with Crippen molar-refractivity contribution in [3.05, 3.63) is 0 Å². The smallest absolute Gasteiger partial charge is 0.394 e. The molecular weight excluding hydrogens is 174 g/mol. The number of carbonyl (C=O) groups is 2. The van der Waals surface area contributed by atoms with Gasteiger partial charge in [0.15, 0.2) is 0 Å². The van der Waals surface area contributed by atoms with Gasteiger partial charge in [-0.3, -0.25) is 4.79 Å². The Kier molecular flexibility index (Phi) is 1.95. The Balaban J connectivity index is 1.70. The van der Waals surface area contributed by atoms with Gasteiger partial charge in [0.25, 0.3) is 0 Å². The average Bonchev–Trinajstić information content (AvgIpc) is 2.57. The summed E-state index contributed by atoms with van der Waals surface area (Å²) >= 11 is 0. The second kappa shape index (κ2) is 2.99. The molecule has 0 radical (unpaired) electrons. The van der Waals surface area contributed by atoms with Crippen LogP contribution in [-0.4, -0.2) is 36.7 Å². The zero-order valence-electron chi connectivity index (χ0n) is 7.03. The quantitative estimate of drug-likeness (QED) is 0.545. The molecule has 1 aliphatic carbocycles. The number of fused-ring (bicyclic) bond motifs is 1. The highest BCUT2D eigenvalue weighted by atomic mass is 16.5. The molecule has 0 aromatic rings. The second-order valence-electron chi connectivity index (χ2n) is 3.54. The molecule has 1 aliphatic heterocycles. The SMILES string of the molecule is O=C(O)C(=O)NCC1C2COCC12. The first-order chi connectivity index (χ1) is 6.20. The summed E-state index contributed by atoms with van der Waals surface area (Å²) in [5.41, 5.74) is 0. The van der Waals surface area contributed by atoms with Crippen LogP contribution in [0.3, 0.4) is 0 Å². The molecule has 13 heavy (non-hydrogen) atoms. The number of carboxylic acids is 1. The summed E-state index contributed by atoms with van der Waals surface area (Å²) in [6, 6.07) is 0. The van der Waals surface area contributed by atoms with Crippen LogP contribution in [0.4, 0.5) is 0 Å². The average molecular weight is 185 g/mol. The number of aliphatic carboxylic acids is 1. The van der Waals surface area contributed by atoms with Gasteiger partial charge in [0.2, 0.25) is 0 Å². The molecule has 1 heterocycles. The summed E-state index contributed by atoms with van der Waals surface area (Å²) in [6.07, 6.45) is 0. The molecule has 2 fully saturated rings. The lowest BCUT2D eigenvalue weighted by molar-refractivity contribution is -0.150. The molecule has 1 saturated carbocycles. The molecule has 2 N–H and O–H groups in total. The van der Waals surface area contributed by atoms with Gasteiger partial charge < -0.3 is 15.2 Å². The van der Waals surface area contributed by atoms with Crippen LogP contribution in [0.1, 0.15) is 0 Å². The monoisotopic (exact) mass is 185 g/mol. The Bertz CT molecular complexity index is 243. The first-order valence-electron chi connectivity index (χ1n) is 4.29. The molecule has 1 saturated heterocycles. The Morgan fingerprint density at radius 3 is 2.54 bits per heavy atom. The molecule has 2 unspecified atom stereocenters. The Morgan fingerprint density at radius 1 is 1.38 bits per heavy atom. The van der Waals surface area contributed by atoms with Crippen LogP contribution in [0.5, 0.6) is 0 Å². The number of carbonyl (C=O) groups excluding carboxylic acids is 1. The normalized spacial score (nSPS) is 35.2. The maximum Gasteiger partial charge on any atom is 0.394 e. The van der Waals surface area contributed by atoms with Crippen molar-refractivity contribution in [1.29, 1.82) is 0 Å². The lowest BCUT2D eigenvalue weighted by Gasteiger charge is -2.03. The predicted octanol–water partition coefficient (Wildman–Crippen LogP) is -0.920. The van der Waals surface area contributed by atoms with Crippen LogP contribution in [0.25, 0.3) is 0 Å². The molecule has 1 amide bonds. The molecule has 5 nitrogen and oxygen atoms in total. The number of amides is 1. The van der Waals surface area contributed by atoms with Crippen molar-refractivity contribution in [2.45, 2.75) is 0 Å². The summed E-state index contributed by atoms with van der Waals surface area (Å²) in [6.45, 7) is 2.00. The van der Waals surface area contributed by atoms with Crippen molar-refractivity contribution in [3.8, 4) is 0 Å². The van der Waals surface area contributed by atoms with Crippen molar-refractivity contribution in [2.24, 2.45) is 17.8 Å². The van der Waals surface area contributed by atoms with Gasteiger partial charge in [-0.15, -0.1) is 0 Å². The van der Waals surface area contributed by atoms with Crippen molar-refractivity contribution >= 4 is 11.9 Å². The van der Waals surface area contributed by atoms with Gasteiger partial charge >= 0.3 is 11.9 Å². The van der Waals surface area contributed by atoms with E-state index in [1.807, 2.05) is 0 Å². The van der Waals surface area contributed by atoms with Crippen LogP contribution in [0.15, 0.2) is 0 Å². The minimum Gasteiger partial charge on any atom is -0.474 e. The van der Waals surface area contributed by atoms with Crippen LogP contribution in [-0.2, 0) is 14.3 Å². The van der Waals surface area contributed by atoms with Gasteiger partial charge in [0, 0.05) is 6.54 Å². The van der Waals surface area contributed by atoms with Gasteiger partial charge in [-0.05, 0) is 17.8 Å². The van der Waals surface area contributed by atoms with Gasteiger partial charge in [-0.25, -0.2) is 4.79 Å². The van der Waals surface area contributed by atoms with E-state index in [1.165, 1.54) is 0 Å². The van der Waals surface area contributed by atoms with E-state index in [2.05, 4.69) is 5.32 Å². The van der Waals surface area contributed by atoms with E-state index < -0.39 is 11.9 Å². The molecule has 0 aromatic carbocycles. The van der Waals surface area contributed by atoms with Crippen molar-refractivity contribution in [3.63, 3.8) is 0 Å². The number of rotatable bonds is 2. The molecule has 2 aliphatic rings. The highest BCUT2D eigenvalue weighted by molar-refractivity contribution is 6.31. The fourth-order valence-electron chi connectivity index (χ4n) is 1.95. The maximum atomic E-state index is 10.7. The minimum atomic E-state index is -1.41. The van der Waals surface area contributed by atoms with E-state index in [4.69, 9.17) is 9.84 Å². The number of hydrogen-bond acceptors (Lipinski definition) is 3. The Hall–Kier alpha value is -1.10. The molecule has 72 valence electrons. The summed E-state index contributed by atoms with van der Waals surface area (Å²) in [7, 11) is 0. The third-order valence-corrected chi connectivity index (χ3v) is 2.82. The van der Waals surface area contributed by atoms with Gasteiger partial charge in [0.05, 0.1) is 13.2 Å². The highest BCUT2D eigenvalue weighted by Crippen LogP contribution is 2.50. The zero-order chi connectivity index (χ0) is 9.42. The fourth-order valence-corrected chi connectivity index (χ4v) is 1.95. The van der Waals surface area contributed by atoms with Crippen molar-refractivity contribution in [2.75, 3.05) is 19.8 Å². The van der Waals surface area contributed by atoms with Crippen LogP contribution in [0, 0.1) is 17.8 Å². The van der Waals surface area contributed by atoms with Gasteiger partial charge in [-0.2, -0.15) is 0 Å². The molecular formula is C8H11NO4. The number of carboxylic acid groups (broad SMARTS) is 1.